The third-order valence-corrected chi connectivity index (χ3v) is 6.13. The van der Waals surface area contributed by atoms with E-state index < -0.39 is 0 Å². The van der Waals surface area contributed by atoms with Crippen molar-refractivity contribution in [1.82, 2.24) is 4.98 Å². The van der Waals surface area contributed by atoms with Crippen LogP contribution in [0.3, 0.4) is 0 Å². The lowest BCUT2D eigenvalue weighted by Gasteiger charge is -2.12. The first-order chi connectivity index (χ1) is 13.2. The molecule has 0 aliphatic heterocycles. The summed E-state index contributed by atoms with van der Waals surface area (Å²) in [4.78, 5) is 18.9. The molecule has 0 fully saturated rings. The van der Waals surface area contributed by atoms with Gasteiger partial charge in [0.2, 0.25) is 0 Å². The molecule has 0 atom stereocenters. The van der Waals surface area contributed by atoms with Crippen molar-refractivity contribution < 1.29 is 4.79 Å². The molecule has 3 aromatic rings. The van der Waals surface area contributed by atoms with Crippen molar-refractivity contribution in [2.24, 2.45) is 0 Å². The van der Waals surface area contributed by atoms with Crippen molar-refractivity contribution in [3.05, 3.63) is 52.0 Å². The van der Waals surface area contributed by atoms with Gasteiger partial charge in [0.25, 0.3) is 5.91 Å². The number of aromatic nitrogens is 1. The summed E-state index contributed by atoms with van der Waals surface area (Å²) in [5.74, 6) is 2.35. The van der Waals surface area contributed by atoms with E-state index in [4.69, 9.17) is 17.1 Å². The second-order valence-corrected chi connectivity index (χ2v) is 7.88. The number of benzene rings is 1. The van der Waals surface area contributed by atoms with Crippen LogP contribution in [-0.2, 0) is 12.8 Å². The largest absolute Gasteiger partial charge is 0.397 e. The highest BCUT2D eigenvalue weighted by atomic mass is 32.1. The van der Waals surface area contributed by atoms with Crippen LogP contribution in [0, 0.1) is 12.3 Å². The molecule has 0 unspecified atom stereocenters. The molecule has 1 aliphatic carbocycles. The maximum Gasteiger partial charge on any atom is 0.267 e. The summed E-state index contributed by atoms with van der Waals surface area (Å²) < 4.78 is 0. The molecule has 4 nitrogen and oxygen atoms in total. The third-order valence-electron chi connectivity index (χ3n) is 5.02. The Bertz CT molecular complexity index is 1040. The van der Waals surface area contributed by atoms with E-state index in [9.17, 15) is 4.79 Å². The highest BCUT2D eigenvalue weighted by Crippen LogP contribution is 2.35. The fourth-order valence-electron chi connectivity index (χ4n) is 3.52. The first-order valence-corrected chi connectivity index (χ1v) is 10.1. The van der Waals surface area contributed by atoms with Crippen molar-refractivity contribution in [1.29, 1.82) is 0 Å². The zero-order chi connectivity index (χ0) is 18.8. The smallest absolute Gasteiger partial charge is 0.267 e. The summed E-state index contributed by atoms with van der Waals surface area (Å²) >= 11 is 1.36. The van der Waals surface area contributed by atoms with E-state index in [0.29, 0.717) is 16.3 Å². The minimum atomic E-state index is -0.212. The van der Waals surface area contributed by atoms with Gasteiger partial charge in [-0.1, -0.05) is 18.8 Å². The number of hydrogen-bond donors (Lipinski definition) is 2. The molecule has 3 N–H and O–H groups in total. The number of rotatable bonds is 2. The van der Waals surface area contributed by atoms with Crippen LogP contribution in [0.15, 0.2) is 30.3 Å². The number of hydrogen-bond acceptors (Lipinski definition) is 4. The first-order valence-electron chi connectivity index (χ1n) is 9.24. The van der Waals surface area contributed by atoms with Crippen LogP contribution in [0.4, 0.5) is 11.4 Å². The van der Waals surface area contributed by atoms with Gasteiger partial charge in [-0.05, 0) is 61.6 Å². The molecule has 1 aromatic carbocycles. The van der Waals surface area contributed by atoms with Crippen molar-refractivity contribution in [2.45, 2.75) is 38.5 Å². The topological polar surface area (TPSA) is 68.0 Å². The van der Waals surface area contributed by atoms with Crippen LogP contribution < -0.4 is 11.1 Å². The number of terminal acetylenes is 1. The summed E-state index contributed by atoms with van der Waals surface area (Å²) in [5, 5.41) is 3.79. The number of fused-ring (bicyclic) bond motifs is 2. The number of nitrogen functional groups attached to an aromatic ring is 1. The van der Waals surface area contributed by atoms with Gasteiger partial charge in [0, 0.05) is 22.3 Å². The van der Waals surface area contributed by atoms with Crippen LogP contribution in [0.2, 0.25) is 0 Å². The quantitative estimate of drug-likeness (QED) is 0.634. The Morgan fingerprint density at radius 1 is 1.15 bits per heavy atom. The van der Waals surface area contributed by atoms with Gasteiger partial charge in [-0.25, -0.2) is 4.98 Å². The van der Waals surface area contributed by atoms with E-state index in [1.165, 1.54) is 48.3 Å². The molecule has 1 amide bonds. The Labute approximate surface area is 162 Å². The van der Waals surface area contributed by atoms with Gasteiger partial charge in [0.05, 0.1) is 5.69 Å². The molecule has 2 heterocycles. The Balaban J connectivity index is 1.65. The lowest BCUT2D eigenvalue weighted by atomic mass is 9.96. The maximum absolute atomic E-state index is 12.7. The predicted molar refractivity (Wildman–Crippen MR) is 112 cm³/mol. The number of carbonyl (C=O) groups is 1. The normalized spacial score (nSPS) is 14.0. The molecule has 0 radical (unpaired) electrons. The average Bonchev–Trinajstić information content (AvgIpc) is 2.98. The van der Waals surface area contributed by atoms with Crippen LogP contribution >= 0.6 is 11.3 Å². The van der Waals surface area contributed by atoms with Crippen molar-refractivity contribution in [2.75, 3.05) is 11.1 Å². The van der Waals surface area contributed by atoms with E-state index >= 15 is 0 Å². The second kappa shape index (κ2) is 7.42. The molecular weight excluding hydrogens is 354 g/mol. The van der Waals surface area contributed by atoms with Gasteiger partial charge in [-0.15, -0.1) is 17.8 Å². The first kappa shape index (κ1) is 17.6. The van der Waals surface area contributed by atoms with Crippen LogP contribution in [0.1, 0.15) is 52.2 Å². The number of amides is 1. The van der Waals surface area contributed by atoms with Crippen molar-refractivity contribution in [3.63, 3.8) is 0 Å². The lowest BCUT2D eigenvalue weighted by molar-refractivity contribution is 0.103. The fraction of sp³-hybridized carbons (Fsp3) is 0.273. The van der Waals surface area contributed by atoms with Gasteiger partial charge < -0.3 is 11.1 Å². The third kappa shape index (κ3) is 3.54. The van der Waals surface area contributed by atoms with Crippen LogP contribution in [0.25, 0.3) is 10.2 Å². The van der Waals surface area contributed by atoms with E-state index in [1.807, 2.05) is 0 Å². The summed E-state index contributed by atoms with van der Waals surface area (Å²) in [6, 6.07) is 9.32. The molecule has 0 spiro atoms. The number of carbonyl (C=O) groups excluding carboxylic acids is 1. The second-order valence-electron chi connectivity index (χ2n) is 6.88. The monoisotopic (exact) mass is 375 g/mol. The van der Waals surface area contributed by atoms with Crippen molar-refractivity contribution in [3.8, 4) is 12.3 Å². The molecular formula is C22H21N3OS. The molecule has 2 aromatic heterocycles. The highest BCUT2D eigenvalue weighted by Gasteiger charge is 2.20. The fourth-order valence-corrected chi connectivity index (χ4v) is 4.51. The number of nitrogens with one attached hydrogen (secondary N) is 1. The standard InChI is InChI=1S/C22H21N3OS/c1-2-14-9-11-16(12-10-14)24-21(26)20-19(23)17-13-15-7-5-3-4-6-8-18(15)25-22(17)27-20/h1,9-13H,3-8,23H2,(H,24,26). The van der Waals surface area contributed by atoms with Gasteiger partial charge >= 0.3 is 0 Å². The van der Waals surface area contributed by atoms with E-state index in [-0.39, 0.29) is 5.91 Å². The van der Waals surface area contributed by atoms with E-state index in [0.717, 1.165) is 28.6 Å². The van der Waals surface area contributed by atoms with Crippen LogP contribution in [0.5, 0.6) is 0 Å². The number of anilines is 2. The zero-order valence-electron chi connectivity index (χ0n) is 15.0. The van der Waals surface area contributed by atoms with Crippen molar-refractivity contribution >= 4 is 38.8 Å². The molecule has 0 bridgehead atoms. The predicted octanol–water partition coefficient (Wildman–Crippen LogP) is 4.77. The van der Waals surface area contributed by atoms with Gasteiger partial charge in [0.1, 0.15) is 9.71 Å². The summed E-state index contributed by atoms with van der Waals surface area (Å²) in [5.41, 5.74) is 10.8. The number of aryl methyl sites for hydroxylation is 2. The Morgan fingerprint density at radius 2 is 1.89 bits per heavy atom. The molecule has 27 heavy (non-hydrogen) atoms. The molecule has 136 valence electrons. The molecule has 0 saturated heterocycles. The van der Waals surface area contributed by atoms with Crippen LogP contribution in [-0.4, -0.2) is 10.9 Å². The number of thiophene rings is 1. The Kier molecular flexibility index (Phi) is 4.83. The molecule has 4 rings (SSSR count). The highest BCUT2D eigenvalue weighted by molar-refractivity contribution is 7.21. The molecule has 0 saturated carbocycles. The minimum Gasteiger partial charge on any atom is -0.397 e. The minimum absolute atomic E-state index is 0.212. The number of nitrogens with zero attached hydrogens (tertiary/aromatic N) is 1. The van der Waals surface area contributed by atoms with E-state index in [1.54, 1.807) is 24.3 Å². The average molecular weight is 375 g/mol. The van der Waals surface area contributed by atoms with Gasteiger partial charge in [0.15, 0.2) is 0 Å². The van der Waals surface area contributed by atoms with E-state index in [2.05, 4.69) is 17.3 Å². The summed E-state index contributed by atoms with van der Waals surface area (Å²) in [6.45, 7) is 0. The lowest BCUT2D eigenvalue weighted by Crippen LogP contribution is -2.11. The number of pyridine rings is 1. The van der Waals surface area contributed by atoms with Gasteiger partial charge in [-0.2, -0.15) is 0 Å². The van der Waals surface area contributed by atoms with Gasteiger partial charge in [-0.3, -0.25) is 4.79 Å². The number of nitrogens with two attached hydrogens (primary N) is 1. The SMILES string of the molecule is C#Cc1ccc(NC(=O)c2sc3nc4c(cc3c2N)CCCCCC4)cc1. The Hall–Kier alpha value is -2.84. The summed E-state index contributed by atoms with van der Waals surface area (Å²) in [7, 11) is 0. The Morgan fingerprint density at radius 3 is 2.63 bits per heavy atom. The zero-order valence-corrected chi connectivity index (χ0v) is 15.9. The maximum atomic E-state index is 12.7. The molecule has 5 heteroatoms. The molecule has 1 aliphatic rings. The summed E-state index contributed by atoms with van der Waals surface area (Å²) in [6.07, 6.45) is 12.3.